The van der Waals surface area contributed by atoms with E-state index in [2.05, 4.69) is 25.5 Å². The number of rotatable bonds is 6. The van der Waals surface area contributed by atoms with Gasteiger partial charge in [-0.25, -0.2) is 14.4 Å². The molecule has 0 aliphatic carbocycles. The van der Waals surface area contributed by atoms with E-state index in [9.17, 15) is 9.18 Å². The fraction of sp³-hybridized carbons (Fsp3) is 0.227. The van der Waals surface area contributed by atoms with E-state index < -0.39 is 5.82 Å². The van der Waals surface area contributed by atoms with E-state index in [1.165, 1.54) is 31.3 Å². The van der Waals surface area contributed by atoms with Crippen LogP contribution in [0.3, 0.4) is 0 Å². The Morgan fingerprint density at radius 3 is 2.74 bits per heavy atom. The molecule has 1 aliphatic heterocycles. The minimum absolute atomic E-state index is 0.0110. The quantitative estimate of drug-likeness (QED) is 0.482. The Hall–Kier alpha value is -2.74. The number of nitrogens with zero attached hydrogens (tertiary/aromatic N) is 3. The maximum absolute atomic E-state index is 14.3. The van der Waals surface area contributed by atoms with Crippen molar-refractivity contribution in [1.82, 2.24) is 14.9 Å². The van der Waals surface area contributed by atoms with Crippen LogP contribution < -0.4 is 10.6 Å². The number of amides is 1. The predicted molar refractivity (Wildman–Crippen MR) is 123 cm³/mol. The third kappa shape index (κ3) is 4.95. The smallest absolute Gasteiger partial charge is 0.248 e. The minimum atomic E-state index is -0.598. The zero-order valence-electron chi connectivity index (χ0n) is 16.5. The van der Waals surface area contributed by atoms with Crippen molar-refractivity contribution in [2.24, 2.45) is 0 Å². The number of hydrogen-bond acceptors (Lipinski definition) is 5. The van der Waals surface area contributed by atoms with E-state index in [0.29, 0.717) is 22.4 Å². The number of nitrogens with one attached hydrogen (secondary N) is 2. The fourth-order valence-corrected chi connectivity index (χ4v) is 3.95. The third-order valence-electron chi connectivity index (χ3n) is 5.03. The average Bonchev–Trinajstić information content (AvgIpc) is 3.27. The van der Waals surface area contributed by atoms with Crippen molar-refractivity contribution < 1.29 is 9.18 Å². The Kier molecular flexibility index (Phi) is 6.65. The Morgan fingerprint density at radius 2 is 1.94 bits per heavy atom. The highest BCUT2D eigenvalue weighted by molar-refractivity contribution is 6.39. The number of fused-ring (bicyclic) bond motifs is 1. The number of hydrogen-bond donors (Lipinski definition) is 2. The topological polar surface area (TPSA) is 70.2 Å². The van der Waals surface area contributed by atoms with E-state index >= 15 is 0 Å². The maximum atomic E-state index is 14.3. The molecule has 2 aromatic carbocycles. The molecule has 6 nitrogen and oxygen atoms in total. The molecule has 9 heteroatoms. The normalized spacial score (nSPS) is 14.4. The van der Waals surface area contributed by atoms with Gasteiger partial charge < -0.3 is 10.6 Å². The molecule has 2 heterocycles. The minimum Gasteiger partial charge on any atom is -0.337 e. The van der Waals surface area contributed by atoms with Gasteiger partial charge in [0.25, 0.3) is 0 Å². The maximum Gasteiger partial charge on any atom is 0.248 e. The van der Waals surface area contributed by atoms with Crippen LogP contribution in [0.4, 0.5) is 21.6 Å². The van der Waals surface area contributed by atoms with Gasteiger partial charge in [0, 0.05) is 12.6 Å². The summed E-state index contributed by atoms with van der Waals surface area (Å²) in [6, 6.07) is 8.01. The Labute approximate surface area is 189 Å². The second-order valence-corrected chi connectivity index (χ2v) is 7.95. The van der Waals surface area contributed by atoms with Gasteiger partial charge in [-0.05, 0) is 50.2 Å². The Bertz CT molecular complexity index is 1150. The van der Waals surface area contributed by atoms with E-state index in [4.69, 9.17) is 23.2 Å². The lowest BCUT2D eigenvalue weighted by Crippen LogP contribution is -2.19. The van der Waals surface area contributed by atoms with Crippen LogP contribution in [0.15, 0.2) is 48.8 Å². The molecule has 1 saturated heterocycles. The molecule has 0 bridgehead atoms. The highest BCUT2D eigenvalue weighted by atomic mass is 35.5. The molecule has 1 amide bonds. The highest BCUT2D eigenvalue weighted by Crippen LogP contribution is 2.36. The van der Waals surface area contributed by atoms with Crippen LogP contribution in [0.1, 0.15) is 12.8 Å². The molecule has 0 spiro atoms. The van der Waals surface area contributed by atoms with Crippen LogP contribution in [0, 0.1) is 5.82 Å². The van der Waals surface area contributed by atoms with Gasteiger partial charge in [-0.2, -0.15) is 0 Å². The summed E-state index contributed by atoms with van der Waals surface area (Å²) in [5.41, 5.74) is 1.12. The molecular weight excluding hydrogens is 440 g/mol. The summed E-state index contributed by atoms with van der Waals surface area (Å²) < 4.78 is 14.3. The molecule has 1 fully saturated rings. The number of carbonyl (C=O) groups excluding carboxylic acids is 1. The van der Waals surface area contributed by atoms with Crippen molar-refractivity contribution >= 4 is 57.2 Å². The van der Waals surface area contributed by atoms with E-state index in [1.807, 2.05) is 6.08 Å². The van der Waals surface area contributed by atoms with Crippen LogP contribution in [0.5, 0.6) is 0 Å². The number of halogens is 3. The molecule has 0 unspecified atom stereocenters. The molecule has 31 heavy (non-hydrogen) atoms. The average molecular weight is 460 g/mol. The van der Waals surface area contributed by atoms with Crippen molar-refractivity contribution in [2.45, 2.75) is 12.8 Å². The van der Waals surface area contributed by atoms with Crippen LogP contribution >= 0.6 is 23.2 Å². The largest absolute Gasteiger partial charge is 0.337 e. The Balaban J connectivity index is 1.57. The number of benzene rings is 2. The molecule has 4 rings (SSSR count). The van der Waals surface area contributed by atoms with Crippen molar-refractivity contribution in [1.29, 1.82) is 0 Å². The number of anilines is 3. The highest BCUT2D eigenvalue weighted by Gasteiger charge is 2.15. The van der Waals surface area contributed by atoms with Gasteiger partial charge in [-0.1, -0.05) is 35.3 Å². The molecule has 0 radical (unpaired) electrons. The molecule has 160 valence electrons. The second-order valence-electron chi connectivity index (χ2n) is 7.17. The van der Waals surface area contributed by atoms with Gasteiger partial charge in [0.1, 0.15) is 12.1 Å². The standard InChI is InChI=1S/C22H20Cl2FN5O/c23-14-5-3-6-17(21(14)25)29-22-19-15(26-13-27-22)8-9-16(20(19)24)28-18(31)7-4-12-30-10-1-2-11-30/h3-9,13H,1-2,10-12H2,(H,28,31)(H,26,27,29)/b7-4+. The second kappa shape index (κ2) is 9.60. The third-order valence-corrected chi connectivity index (χ3v) is 5.72. The fourth-order valence-electron chi connectivity index (χ4n) is 3.48. The summed E-state index contributed by atoms with van der Waals surface area (Å²) in [4.78, 5) is 23.0. The molecule has 1 aromatic heterocycles. The molecule has 2 N–H and O–H groups in total. The van der Waals surface area contributed by atoms with Crippen LogP contribution in [0.2, 0.25) is 10.0 Å². The summed E-state index contributed by atoms with van der Waals surface area (Å²) in [5, 5.41) is 6.40. The Morgan fingerprint density at radius 1 is 1.13 bits per heavy atom. The SMILES string of the molecule is O=C(/C=C/CN1CCCC1)Nc1ccc2ncnc(Nc3cccc(Cl)c3F)c2c1Cl. The van der Waals surface area contributed by atoms with Crippen molar-refractivity contribution in [2.75, 3.05) is 30.3 Å². The van der Waals surface area contributed by atoms with Gasteiger partial charge in [0.2, 0.25) is 5.91 Å². The summed E-state index contributed by atoms with van der Waals surface area (Å²) in [6.07, 6.45) is 7.09. The summed E-state index contributed by atoms with van der Waals surface area (Å²) >= 11 is 12.4. The van der Waals surface area contributed by atoms with E-state index in [0.717, 1.165) is 19.6 Å². The predicted octanol–water partition coefficient (Wildman–Crippen LogP) is 5.41. The van der Waals surface area contributed by atoms with Crippen LogP contribution in [-0.2, 0) is 4.79 Å². The van der Waals surface area contributed by atoms with Gasteiger partial charge in [0.05, 0.1) is 32.3 Å². The molecule has 0 atom stereocenters. The van der Waals surface area contributed by atoms with Crippen molar-refractivity contribution in [3.8, 4) is 0 Å². The van der Waals surface area contributed by atoms with E-state index in [1.54, 1.807) is 24.3 Å². The molecular formula is C22H20Cl2FN5O. The zero-order valence-corrected chi connectivity index (χ0v) is 18.0. The van der Waals surface area contributed by atoms with Gasteiger partial charge in [-0.3, -0.25) is 9.69 Å². The molecule has 1 aliphatic rings. The number of likely N-dealkylation sites (tertiary alicyclic amines) is 1. The van der Waals surface area contributed by atoms with E-state index in [-0.39, 0.29) is 21.6 Å². The first-order chi connectivity index (χ1) is 15.0. The first kappa shape index (κ1) is 21.5. The molecule has 0 saturated carbocycles. The molecule has 3 aromatic rings. The first-order valence-electron chi connectivity index (χ1n) is 9.87. The first-order valence-corrected chi connectivity index (χ1v) is 10.6. The lowest BCUT2D eigenvalue weighted by atomic mass is 10.2. The summed E-state index contributed by atoms with van der Waals surface area (Å²) in [7, 11) is 0. The van der Waals surface area contributed by atoms with Gasteiger partial charge >= 0.3 is 0 Å². The van der Waals surface area contributed by atoms with Crippen LogP contribution in [-0.4, -0.2) is 40.4 Å². The number of aromatic nitrogens is 2. The summed E-state index contributed by atoms with van der Waals surface area (Å²) in [6.45, 7) is 2.86. The van der Waals surface area contributed by atoms with Gasteiger partial charge in [0.15, 0.2) is 5.82 Å². The monoisotopic (exact) mass is 459 g/mol. The van der Waals surface area contributed by atoms with Crippen LogP contribution in [0.25, 0.3) is 10.9 Å². The lowest BCUT2D eigenvalue weighted by Gasteiger charge is -2.13. The van der Waals surface area contributed by atoms with Crippen molar-refractivity contribution in [3.05, 3.63) is 64.7 Å². The zero-order chi connectivity index (χ0) is 21.8. The lowest BCUT2D eigenvalue weighted by molar-refractivity contribution is -0.111. The number of carbonyl (C=O) groups is 1. The summed E-state index contributed by atoms with van der Waals surface area (Å²) in [5.74, 6) is -0.579. The van der Waals surface area contributed by atoms with Gasteiger partial charge in [-0.15, -0.1) is 0 Å². The van der Waals surface area contributed by atoms with Crippen molar-refractivity contribution in [3.63, 3.8) is 0 Å².